The first-order valence-electron chi connectivity index (χ1n) is 5.23. The van der Waals surface area contributed by atoms with Gasteiger partial charge in [0.25, 0.3) is 0 Å². The van der Waals surface area contributed by atoms with Gasteiger partial charge in [-0.1, -0.05) is 28.9 Å². The zero-order valence-electron chi connectivity index (χ0n) is 9.01. The zero-order chi connectivity index (χ0) is 11.5. The Kier molecular flexibility index (Phi) is 3.29. The quantitative estimate of drug-likeness (QED) is 0.892. The van der Waals surface area contributed by atoms with Crippen molar-refractivity contribution in [2.45, 2.75) is 19.9 Å². The number of carbonyl (C=O) groups excluding carboxylic acids is 1. The summed E-state index contributed by atoms with van der Waals surface area (Å²) < 4.78 is 1.05. The van der Waals surface area contributed by atoms with Gasteiger partial charge in [-0.2, -0.15) is 0 Å². The minimum Gasteiger partial charge on any atom is -0.357 e. The molecule has 0 spiro atoms. The number of H-pyrrole nitrogens is 1. The molecule has 1 amide bonds. The molecule has 4 heteroatoms. The number of aromatic nitrogens is 1. The largest absolute Gasteiger partial charge is 0.357 e. The SMILES string of the molecule is CCC(=O)NCc1cc2ccc(Br)cc2[nH]1. The van der Waals surface area contributed by atoms with Crippen molar-refractivity contribution in [1.29, 1.82) is 0 Å². The zero-order valence-corrected chi connectivity index (χ0v) is 10.6. The molecule has 3 nitrogen and oxygen atoms in total. The molecule has 0 saturated carbocycles. The van der Waals surface area contributed by atoms with E-state index in [4.69, 9.17) is 0 Å². The highest BCUT2D eigenvalue weighted by Crippen LogP contribution is 2.20. The Bertz CT molecular complexity index is 519. The van der Waals surface area contributed by atoms with Gasteiger partial charge < -0.3 is 10.3 Å². The number of amides is 1. The van der Waals surface area contributed by atoms with Crippen molar-refractivity contribution >= 4 is 32.7 Å². The van der Waals surface area contributed by atoms with E-state index in [1.165, 1.54) is 0 Å². The van der Waals surface area contributed by atoms with Crippen molar-refractivity contribution in [3.63, 3.8) is 0 Å². The highest BCUT2D eigenvalue weighted by Gasteiger charge is 2.02. The molecule has 2 N–H and O–H groups in total. The van der Waals surface area contributed by atoms with Gasteiger partial charge in [-0.3, -0.25) is 4.79 Å². The third-order valence-electron chi connectivity index (χ3n) is 2.44. The fourth-order valence-electron chi connectivity index (χ4n) is 1.57. The number of hydrogen-bond donors (Lipinski definition) is 2. The van der Waals surface area contributed by atoms with E-state index in [2.05, 4.69) is 32.3 Å². The predicted molar refractivity (Wildman–Crippen MR) is 68.1 cm³/mol. The lowest BCUT2D eigenvalue weighted by Gasteiger charge is -1.99. The van der Waals surface area contributed by atoms with Crippen LogP contribution in [0.2, 0.25) is 0 Å². The smallest absolute Gasteiger partial charge is 0.220 e. The second-order valence-corrected chi connectivity index (χ2v) is 4.57. The van der Waals surface area contributed by atoms with Gasteiger partial charge >= 0.3 is 0 Å². The molecule has 0 aliphatic rings. The monoisotopic (exact) mass is 280 g/mol. The standard InChI is InChI=1S/C12H13BrN2O/c1-2-12(16)14-7-10-5-8-3-4-9(13)6-11(8)15-10/h3-6,15H,2,7H2,1H3,(H,14,16). The molecule has 1 aromatic carbocycles. The summed E-state index contributed by atoms with van der Waals surface area (Å²) in [6.07, 6.45) is 0.520. The number of carbonyl (C=O) groups is 1. The summed E-state index contributed by atoms with van der Waals surface area (Å²) in [6, 6.07) is 8.13. The third-order valence-corrected chi connectivity index (χ3v) is 2.93. The van der Waals surface area contributed by atoms with Crippen LogP contribution < -0.4 is 5.32 Å². The number of rotatable bonds is 3. The lowest BCUT2D eigenvalue weighted by Crippen LogP contribution is -2.21. The molecule has 84 valence electrons. The molecular formula is C12H13BrN2O. The molecule has 0 atom stereocenters. The summed E-state index contributed by atoms with van der Waals surface area (Å²) in [5, 5.41) is 4.00. The number of fused-ring (bicyclic) bond motifs is 1. The Labute approximate surface area is 102 Å². The number of benzene rings is 1. The molecule has 0 aliphatic carbocycles. The molecule has 2 aromatic rings. The second kappa shape index (κ2) is 4.70. The topological polar surface area (TPSA) is 44.9 Å². The van der Waals surface area contributed by atoms with Crippen LogP contribution in [0, 0.1) is 0 Å². The normalized spacial score (nSPS) is 10.6. The van der Waals surface area contributed by atoms with E-state index in [-0.39, 0.29) is 5.91 Å². The summed E-state index contributed by atoms with van der Waals surface area (Å²) in [5.41, 5.74) is 2.10. The Balaban J connectivity index is 2.16. The van der Waals surface area contributed by atoms with Crippen molar-refractivity contribution in [3.05, 3.63) is 34.4 Å². The van der Waals surface area contributed by atoms with Gasteiger partial charge in [0.15, 0.2) is 0 Å². The van der Waals surface area contributed by atoms with Gasteiger partial charge in [-0.25, -0.2) is 0 Å². The fourth-order valence-corrected chi connectivity index (χ4v) is 1.93. The lowest BCUT2D eigenvalue weighted by atomic mass is 10.2. The molecule has 0 bridgehead atoms. The Morgan fingerprint density at radius 1 is 1.44 bits per heavy atom. The van der Waals surface area contributed by atoms with E-state index in [1.54, 1.807) is 0 Å². The van der Waals surface area contributed by atoms with Gasteiger partial charge in [0.1, 0.15) is 0 Å². The summed E-state index contributed by atoms with van der Waals surface area (Å²) in [4.78, 5) is 14.4. The molecule has 2 rings (SSSR count). The first-order chi connectivity index (χ1) is 7.69. The summed E-state index contributed by atoms with van der Waals surface area (Å²) >= 11 is 3.43. The number of nitrogens with one attached hydrogen (secondary N) is 2. The van der Waals surface area contributed by atoms with Gasteiger partial charge in [0, 0.05) is 22.1 Å². The van der Waals surface area contributed by atoms with Gasteiger partial charge in [0.2, 0.25) is 5.91 Å². The molecular weight excluding hydrogens is 268 g/mol. The maximum atomic E-state index is 11.1. The van der Waals surface area contributed by atoms with Crippen LogP contribution in [0.5, 0.6) is 0 Å². The molecule has 0 saturated heterocycles. The average molecular weight is 281 g/mol. The maximum absolute atomic E-state index is 11.1. The minimum atomic E-state index is 0.0693. The van der Waals surface area contributed by atoms with E-state index in [0.29, 0.717) is 13.0 Å². The molecule has 16 heavy (non-hydrogen) atoms. The number of hydrogen-bond acceptors (Lipinski definition) is 1. The van der Waals surface area contributed by atoms with Crippen molar-refractivity contribution in [2.75, 3.05) is 0 Å². The van der Waals surface area contributed by atoms with E-state index >= 15 is 0 Å². The first-order valence-corrected chi connectivity index (χ1v) is 6.02. The van der Waals surface area contributed by atoms with Crippen molar-refractivity contribution in [2.24, 2.45) is 0 Å². The van der Waals surface area contributed by atoms with Gasteiger partial charge in [-0.05, 0) is 23.6 Å². The van der Waals surface area contributed by atoms with Crippen LogP contribution in [0.15, 0.2) is 28.7 Å². The van der Waals surface area contributed by atoms with E-state index in [1.807, 2.05) is 25.1 Å². The third kappa shape index (κ3) is 2.44. The predicted octanol–water partition coefficient (Wildman–Crippen LogP) is 2.96. The van der Waals surface area contributed by atoms with Crippen LogP contribution >= 0.6 is 15.9 Å². The highest BCUT2D eigenvalue weighted by atomic mass is 79.9. The van der Waals surface area contributed by atoms with Crippen LogP contribution in [0.3, 0.4) is 0 Å². The van der Waals surface area contributed by atoms with Crippen LogP contribution in [0.25, 0.3) is 10.9 Å². The van der Waals surface area contributed by atoms with Crippen molar-refractivity contribution < 1.29 is 4.79 Å². The van der Waals surface area contributed by atoms with Crippen LogP contribution in [-0.2, 0) is 11.3 Å². The second-order valence-electron chi connectivity index (χ2n) is 3.66. The average Bonchev–Trinajstić information content (AvgIpc) is 2.67. The summed E-state index contributed by atoms with van der Waals surface area (Å²) in [5.74, 6) is 0.0693. The van der Waals surface area contributed by atoms with Gasteiger partial charge in [0.05, 0.1) is 6.54 Å². The van der Waals surface area contributed by atoms with Crippen molar-refractivity contribution in [1.82, 2.24) is 10.3 Å². The molecule has 1 heterocycles. The molecule has 0 unspecified atom stereocenters. The summed E-state index contributed by atoms with van der Waals surface area (Å²) in [6.45, 7) is 2.40. The first kappa shape index (κ1) is 11.2. The summed E-state index contributed by atoms with van der Waals surface area (Å²) in [7, 11) is 0. The highest BCUT2D eigenvalue weighted by molar-refractivity contribution is 9.10. The van der Waals surface area contributed by atoms with Crippen molar-refractivity contribution in [3.8, 4) is 0 Å². The Morgan fingerprint density at radius 2 is 2.25 bits per heavy atom. The lowest BCUT2D eigenvalue weighted by molar-refractivity contribution is -0.120. The van der Waals surface area contributed by atoms with Crippen LogP contribution in [-0.4, -0.2) is 10.9 Å². The maximum Gasteiger partial charge on any atom is 0.220 e. The Hall–Kier alpha value is -1.29. The number of aromatic amines is 1. The van der Waals surface area contributed by atoms with E-state index < -0.39 is 0 Å². The van der Waals surface area contributed by atoms with E-state index in [9.17, 15) is 4.79 Å². The molecule has 1 aromatic heterocycles. The Morgan fingerprint density at radius 3 is 3.00 bits per heavy atom. The fraction of sp³-hybridized carbons (Fsp3) is 0.250. The van der Waals surface area contributed by atoms with Crippen LogP contribution in [0.1, 0.15) is 19.0 Å². The number of halogens is 1. The van der Waals surface area contributed by atoms with Gasteiger partial charge in [-0.15, -0.1) is 0 Å². The molecule has 0 aliphatic heterocycles. The minimum absolute atomic E-state index is 0.0693. The molecule has 0 fully saturated rings. The van der Waals surface area contributed by atoms with E-state index in [0.717, 1.165) is 21.1 Å². The molecule has 0 radical (unpaired) electrons. The van der Waals surface area contributed by atoms with Crippen LogP contribution in [0.4, 0.5) is 0 Å².